The molecule has 1 aromatic carbocycles. The van der Waals surface area contributed by atoms with Crippen LogP contribution in [0.4, 0.5) is 4.39 Å². The van der Waals surface area contributed by atoms with Gasteiger partial charge in [0.05, 0.1) is 0 Å². The highest BCUT2D eigenvalue weighted by atomic mass is 32.2. The normalized spacial score (nSPS) is 12.7. The predicted octanol–water partition coefficient (Wildman–Crippen LogP) is 2.76. The lowest BCUT2D eigenvalue weighted by Crippen LogP contribution is -2.25. The summed E-state index contributed by atoms with van der Waals surface area (Å²) in [5.41, 5.74) is 0.853. The lowest BCUT2D eigenvalue weighted by Gasteiger charge is -2.13. The molecule has 0 aromatic heterocycles. The molecule has 0 heterocycles. The van der Waals surface area contributed by atoms with Crippen molar-refractivity contribution < 1.29 is 9.50 Å². The van der Waals surface area contributed by atoms with E-state index in [2.05, 4.69) is 18.5 Å². The van der Waals surface area contributed by atoms with E-state index in [0.717, 1.165) is 17.7 Å². The number of rotatable bonds is 6. The summed E-state index contributed by atoms with van der Waals surface area (Å²) in [6.07, 6.45) is 3.18. The fourth-order valence-electron chi connectivity index (χ4n) is 1.35. The fourth-order valence-corrected chi connectivity index (χ4v) is 1.94. The van der Waals surface area contributed by atoms with Crippen LogP contribution in [0, 0.1) is 5.82 Å². The zero-order valence-electron chi connectivity index (χ0n) is 9.66. The highest BCUT2D eigenvalue weighted by molar-refractivity contribution is 7.98. The summed E-state index contributed by atoms with van der Waals surface area (Å²) in [5.74, 6) is 0.271. The van der Waals surface area contributed by atoms with E-state index in [1.807, 2.05) is 11.8 Å². The lowest BCUT2D eigenvalue weighted by molar-refractivity contribution is 0.431. The second kappa shape index (κ2) is 6.76. The third kappa shape index (κ3) is 4.41. The number of benzene rings is 1. The first-order valence-electron chi connectivity index (χ1n) is 5.33. The molecule has 1 atom stereocenters. The molecule has 0 aliphatic carbocycles. The Morgan fingerprint density at radius 3 is 2.88 bits per heavy atom. The molecule has 1 rings (SSSR count). The van der Waals surface area contributed by atoms with Crippen LogP contribution in [0.2, 0.25) is 0 Å². The SMILES string of the molecule is CSCCC(C)NCc1ccc(O)c(F)c1. The van der Waals surface area contributed by atoms with Gasteiger partial charge < -0.3 is 10.4 Å². The van der Waals surface area contributed by atoms with Gasteiger partial charge in [-0.1, -0.05) is 6.07 Å². The van der Waals surface area contributed by atoms with Crippen LogP contribution in [0.1, 0.15) is 18.9 Å². The van der Waals surface area contributed by atoms with Gasteiger partial charge in [-0.05, 0) is 43.0 Å². The van der Waals surface area contributed by atoms with Gasteiger partial charge in [0.25, 0.3) is 0 Å². The first kappa shape index (κ1) is 13.3. The maximum Gasteiger partial charge on any atom is 0.165 e. The van der Waals surface area contributed by atoms with E-state index >= 15 is 0 Å². The number of aromatic hydroxyl groups is 1. The molecule has 0 radical (unpaired) electrons. The Hall–Kier alpha value is -0.740. The minimum Gasteiger partial charge on any atom is -0.505 e. The van der Waals surface area contributed by atoms with Crippen LogP contribution >= 0.6 is 11.8 Å². The van der Waals surface area contributed by atoms with Crippen molar-refractivity contribution in [2.45, 2.75) is 25.9 Å². The molecule has 2 N–H and O–H groups in total. The molecular weight excluding hydrogens is 225 g/mol. The number of phenolic OH excluding ortho intramolecular Hbond substituents is 1. The number of halogens is 1. The predicted molar refractivity (Wildman–Crippen MR) is 67.4 cm³/mol. The number of nitrogens with one attached hydrogen (secondary N) is 1. The molecule has 16 heavy (non-hydrogen) atoms. The number of thioether (sulfide) groups is 1. The van der Waals surface area contributed by atoms with E-state index in [1.54, 1.807) is 6.07 Å². The van der Waals surface area contributed by atoms with E-state index in [9.17, 15) is 4.39 Å². The largest absolute Gasteiger partial charge is 0.505 e. The second-order valence-electron chi connectivity index (χ2n) is 3.85. The van der Waals surface area contributed by atoms with Gasteiger partial charge in [-0.3, -0.25) is 0 Å². The Balaban J connectivity index is 2.39. The third-order valence-corrected chi connectivity index (χ3v) is 3.07. The van der Waals surface area contributed by atoms with Crippen molar-refractivity contribution in [3.8, 4) is 5.75 Å². The van der Waals surface area contributed by atoms with Gasteiger partial charge in [-0.25, -0.2) is 4.39 Å². The monoisotopic (exact) mass is 243 g/mol. The van der Waals surface area contributed by atoms with Crippen molar-refractivity contribution in [2.24, 2.45) is 0 Å². The Morgan fingerprint density at radius 2 is 2.25 bits per heavy atom. The lowest BCUT2D eigenvalue weighted by atomic mass is 10.2. The summed E-state index contributed by atoms with van der Waals surface area (Å²) in [6, 6.07) is 4.90. The van der Waals surface area contributed by atoms with Gasteiger partial charge in [0.15, 0.2) is 11.6 Å². The van der Waals surface area contributed by atoms with Gasteiger partial charge in [-0.15, -0.1) is 0 Å². The quantitative estimate of drug-likeness (QED) is 0.806. The summed E-state index contributed by atoms with van der Waals surface area (Å²) >= 11 is 1.82. The van der Waals surface area contributed by atoms with Gasteiger partial charge in [-0.2, -0.15) is 11.8 Å². The molecule has 1 aromatic rings. The Bertz CT molecular complexity index is 333. The molecule has 0 spiro atoms. The van der Waals surface area contributed by atoms with Crippen LogP contribution in [0.5, 0.6) is 5.75 Å². The Morgan fingerprint density at radius 1 is 1.50 bits per heavy atom. The van der Waals surface area contributed by atoms with Gasteiger partial charge in [0.2, 0.25) is 0 Å². The standard InChI is InChI=1S/C12H18FNOS/c1-9(5-6-16-2)14-8-10-3-4-12(15)11(13)7-10/h3-4,7,9,14-15H,5-6,8H2,1-2H3. The molecule has 0 bridgehead atoms. The zero-order valence-corrected chi connectivity index (χ0v) is 10.5. The molecule has 0 saturated heterocycles. The highest BCUT2D eigenvalue weighted by Gasteiger charge is 2.04. The van der Waals surface area contributed by atoms with Crippen LogP contribution in [0.15, 0.2) is 18.2 Å². The molecule has 0 aliphatic rings. The van der Waals surface area contributed by atoms with Crippen LogP contribution in [-0.2, 0) is 6.54 Å². The molecule has 0 amide bonds. The maximum absolute atomic E-state index is 13.0. The van der Waals surface area contributed by atoms with Gasteiger partial charge in [0.1, 0.15) is 0 Å². The molecule has 0 fully saturated rings. The molecule has 0 aliphatic heterocycles. The van der Waals surface area contributed by atoms with Crippen LogP contribution in [0.3, 0.4) is 0 Å². The smallest absolute Gasteiger partial charge is 0.165 e. The molecule has 0 saturated carbocycles. The Labute approximate surface area is 100 Å². The number of hydrogen-bond donors (Lipinski definition) is 2. The van der Waals surface area contributed by atoms with Crippen molar-refractivity contribution in [1.82, 2.24) is 5.32 Å². The van der Waals surface area contributed by atoms with Crippen LogP contribution in [0.25, 0.3) is 0 Å². The van der Waals surface area contributed by atoms with Crippen LogP contribution < -0.4 is 5.32 Å². The maximum atomic E-state index is 13.0. The summed E-state index contributed by atoms with van der Waals surface area (Å²) in [6.45, 7) is 2.75. The fraction of sp³-hybridized carbons (Fsp3) is 0.500. The topological polar surface area (TPSA) is 32.3 Å². The van der Waals surface area contributed by atoms with Crippen LogP contribution in [-0.4, -0.2) is 23.2 Å². The third-order valence-electron chi connectivity index (χ3n) is 2.42. The van der Waals surface area contributed by atoms with Gasteiger partial charge in [0, 0.05) is 12.6 Å². The second-order valence-corrected chi connectivity index (χ2v) is 4.83. The van der Waals surface area contributed by atoms with E-state index in [-0.39, 0.29) is 5.75 Å². The summed E-state index contributed by atoms with van der Waals surface area (Å²) in [4.78, 5) is 0. The number of phenols is 1. The number of hydrogen-bond acceptors (Lipinski definition) is 3. The van der Waals surface area contributed by atoms with Gasteiger partial charge >= 0.3 is 0 Å². The van der Waals surface area contributed by atoms with E-state index < -0.39 is 5.82 Å². The molecule has 90 valence electrons. The molecule has 1 unspecified atom stereocenters. The summed E-state index contributed by atoms with van der Waals surface area (Å²) in [5, 5.41) is 12.4. The minimum absolute atomic E-state index is 0.292. The zero-order chi connectivity index (χ0) is 12.0. The Kier molecular flexibility index (Phi) is 5.63. The summed E-state index contributed by atoms with van der Waals surface area (Å²) < 4.78 is 13.0. The highest BCUT2D eigenvalue weighted by Crippen LogP contribution is 2.16. The van der Waals surface area contributed by atoms with E-state index in [4.69, 9.17) is 5.11 Å². The first-order valence-corrected chi connectivity index (χ1v) is 6.72. The van der Waals surface area contributed by atoms with Crippen molar-refractivity contribution in [3.05, 3.63) is 29.6 Å². The first-order chi connectivity index (χ1) is 7.63. The summed E-state index contributed by atoms with van der Waals surface area (Å²) in [7, 11) is 0. The minimum atomic E-state index is -0.559. The molecule has 4 heteroatoms. The molecule has 2 nitrogen and oxygen atoms in total. The van der Waals surface area contributed by atoms with Crippen molar-refractivity contribution >= 4 is 11.8 Å². The molecular formula is C12H18FNOS. The van der Waals surface area contributed by atoms with Crippen molar-refractivity contribution in [3.63, 3.8) is 0 Å². The van der Waals surface area contributed by atoms with E-state index in [1.165, 1.54) is 12.1 Å². The average molecular weight is 243 g/mol. The van der Waals surface area contributed by atoms with Crippen molar-refractivity contribution in [1.29, 1.82) is 0 Å². The average Bonchev–Trinajstić information content (AvgIpc) is 2.28. The van der Waals surface area contributed by atoms with Crippen molar-refractivity contribution in [2.75, 3.05) is 12.0 Å². The van der Waals surface area contributed by atoms with E-state index in [0.29, 0.717) is 12.6 Å².